The Morgan fingerprint density at radius 3 is 3.18 bits per heavy atom. The summed E-state index contributed by atoms with van der Waals surface area (Å²) in [6.07, 6.45) is 3.52. The van der Waals surface area contributed by atoms with Crippen LogP contribution in [-0.2, 0) is 6.42 Å². The zero-order chi connectivity index (χ0) is 7.84. The largest absolute Gasteiger partial charge is 0.434 e. The lowest BCUT2D eigenvalue weighted by molar-refractivity contribution is 0.451. The SMILES string of the molecule is CC1CCCc2oc(=S)[nH]c21. The quantitative estimate of drug-likeness (QED) is 0.605. The van der Waals surface area contributed by atoms with Crippen molar-refractivity contribution in [1.82, 2.24) is 4.98 Å². The van der Waals surface area contributed by atoms with Gasteiger partial charge in [0.2, 0.25) is 0 Å². The van der Waals surface area contributed by atoms with Crippen LogP contribution in [-0.4, -0.2) is 4.98 Å². The van der Waals surface area contributed by atoms with E-state index in [4.69, 9.17) is 16.6 Å². The third-order valence-electron chi connectivity index (χ3n) is 2.29. The number of aryl methyl sites for hydroxylation is 1. The highest BCUT2D eigenvalue weighted by Crippen LogP contribution is 2.29. The summed E-state index contributed by atoms with van der Waals surface area (Å²) in [7, 11) is 0. The molecule has 0 fully saturated rings. The highest BCUT2D eigenvalue weighted by molar-refractivity contribution is 7.71. The molecule has 0 saturated heterocycles. The first-order chi connectivity index (χ1) is 5.27. The van der Waals surface area contributed by atoms with E-state index in [0.717, 1.165) is 12.2 Å². The molecule has 0 radical (unpaired) electrons. The van der Waals surface area contributed by atoms with Gasteiger partial charge in [0.15, 0.2) is 0 Å². The lowest BCUT2D eigenvalue weighted by Crippen LogP contribution is -2.04. The number of aromatic amines is 1. The molecule has 1 heterocycles. The van der Waals surface area contributed by atoms with Gasteiger partial charge in [-0.1, -0.05) is 6.92 Å². The summed E-state index contributed by atoms with van der Waals surface area (Å²) >= 11 is 4.91. The monoisotopic (exact) mass is 169 g/mol. The summed E-state index contributed by atoms with van der Waals surface area (Å²) in [6, 6.07) is 0. The van der Waals surface area contributed by atoms with Gasteiger partial charge in [0, 0.05) is 6.42 Å². The summed E-state index contributed by atoms with van der Waals surface area (Å²) < 4.78 is 5.34. The van der Waals surface area contributed by atoms with Crippen LogP contribution in [0.5, 0.6) is 0 Å². The number of hydrogen-bond donors (Lipinski definition) is 1. The van der Waals surface area contributed by atoms with E-state index in [9.17, 15) is 0 Å². The minimum absolute atomic E-state index is 0.531. The van der Waals surface area contributed by atoms with Crippen LogP contribution in [0.3, 0.4) is 0 Å². The average molecular weight is 169 g/mol. The van der Waals surface area contributed by atoms with Gasteiger partial charge in [0.05, 0.1) is 5.69 Å². The summed E-state index contributed by atoms with van der Waals surface area (Å²) in [5.41, 5.74) is 1.22. The van der Waals surface area contributed by atoms with Crippen molar-refractivity contribution >= 4 is 12.2 Å². The standard InChI is InChI=1S/C8H11NOS/c1-5-3-2-4-6-7(5)9-8(11)10-6/h5H,2-4H2,1H3,(H,9,11). The van der Waals surface area contributed by atoms with E-state index in [1.54, 1.807) is 0 Å². The molecule has 11 heavy (non-hydrogen) atoms. The minimum atomic E-state index is 0.531. The molecule has 1 aromatic heterocycles. The lowest BCUT2D eigenvalue weighted by Gasteiger charge is -2.15. The van der Waals surface area contributed by atoms with Gasteiger partial charge in [0.25, 0.3) is 4.84 Å². The van der Waals surface area contributed by atoms with Crippen LogP contribution >= 0.6 is 12.2 Å². The zero-order valence-electron chi connectivity index (χ0n) is 6.52. The van der Waals surface area contributed by atoms with E-state index in [-0.39, 0.29) is 0 Å². The molecule has 3 heteroatoms. The molecule has 0 spiro atoms. The van der Waals surface area contributed by atoms with E-state index in [0.29, 0.717) is 10.8 Å². The Balaban J connectivity index is 2.52. The predicted octanol–water partition coefficient (Wildman–Crippen LogP) is 2.78. The number of nitrogens with one attached hydrogen (secondary N) is 1. The van der Waals surface area contributed by atoms with Crippen LogP contribution < -0.4 is 0 Å². The second-order valence-corrected chi connectivity index (χ2v) is 3.52. The molecule has 0 bridgehead atoms. The molecule has 0 aliphatic heterocycles. The van der Waals surface area contributed by atoms with Crippen LogP contribution in [0.15, 0.2) is 4.42 Å². The second kappa shape index (κ2) is 2.48. The van der Waals surface area contributed by atoms with Crippen LogP contribution in [0.25, 0.3) is 0 Å². The molecular formula is C8H11NOS. The molecule has 2 rings (SSSR count). The van der Waals surface area contributed by atoms with Gasteiger partial charge in [-0.25, -0.2) is 0 Å². The fourth-order valence-corrected chi connectivity index (χ4v) is 1.88. The average Bonchev–Trinajstić information content (AvgIpc) is 2.31. The molecular weight excluding hydrogens is 158 g/mol. The molecule has 1 aliphatic rings. The van der Waals surface area contributed by atoms with Crippen molar-refractivity contribution in [3.8, 4) is 0 Å². The molecule has 1 N–H and O–H groups in total. The number of H-pyrrole nitrogens is 1. The number of rotatable bonds is 0. The van der Waals surface area contributed by atoms with Crippen molar-refractivity contribution in [3.63, 3.8) is 0 Å². The molecule has 0 saturated carbocycles. The predicted molar refractivity (Wildman–Crippen MR) is 45.2 cm³/mol. The van der Waals surface area contributed by atoms with Crippen LogP contribution in [0.1, 0.15) is 37.1 Å². The van der Waals surface area contributed by atoms with E-state index in [2.05, 4.69) is 11.9 Å². The van der Waals surface area contributed by atoms with E-state index in [1.165, 1.54) is 18.5 Å². The fraction of sp³-hybridized carbons (Fsp3) is 0.625. The number of aromatic nitrogens is 1. The Morgan fingerprint density at radius 2 is 2.45 bits per heavy atom. The van der Waals surface area contributed by atoms with Crippen LogP contribution in [0.2, 0.25) is 0 Å². The fourth-order valence-electron chi connectivity index (χ4n) is 1.67. The Hall–Kier alpha value is -0.570. The molecule has 0 amide bonds. The van der Waals surface area contributed by atoms with Crippen molar-refractivity contribution < 1.29 is 4.42 Å². The highest BCUT2D eigenvalue weighted by Gasteiger charge is 2.19. The Kier molecular flexibility index (Phi) is 1.60. The maximum Gasteiger partial charge on any atom is 0.266 e. The summed E-state index contributed by atoms with van der Waals surface area (Å²) in [5, 5.41) is 0. The molecule has 1 aromatic rings. The zero-order valence-corrected chi connectivity index (χ0v) is 7.33. The normalized spacial score (nSPS) is 23.2. The van der Waals surface area contributed by atoms with Gasteiger partial charge in [-0.15, -0.1) is 0 Å². The maximum atomic E-state index is 5.34. The van der Waals surface area contributed by atoms with E-state index in [1.807, 2.05) is 0 Å². The van der Waals surface area contributed by atoms with Crippen molar-refractivity contribution in [3.05, 3.63) is 16.3 Å². The van der Waals surface area contributed by atoms with Gasteiger partial charge in [-0.2, -0.15) is 0 Å². The van der Waals surface area contributed by atoms with Crippen molar-refractivity contribution in [2.45, 2.75) is 32.1 Å². The van der Waals surface area contributed by atoms with Gasteiger partial charge in [-0.05, 0) is 31.0 Å². The maximum absolute atomic E-state index is 5.34. The Labute approximate surface area is 70.6 Å². The van der Waals surface area contributed by atoms with E-state index >= 15 is 0 Å². The summed E-state index contributed by atoms with van der Waals surface area (Å²) in [6.45, 7) is 2.21. The van der Waals surface area contributed by atoms with Gasteiger partial charge < -0.3 is 9.40 Å². The number of oxazole rings is 1. The lowest BCUT2D eigenvalue weighted by atomic mass is 9.92. The summed E-state index contributed by atoms with van der Waals surface area (Å²) in [4.78, 5) is 3.63. The third kappa shape index (κ3) is 1.13. The Bertz CT molecular complexity index is 312. The van der Waals surface area contributed by atoms with Crippen molar-refractivity contribution in [2.75, 3.05) is 0 Å². The molecule has 1 atom stereocenters. The third-order valence-corrected chi connectivity index (χ3v) is 2.47. The molecule has 2 nitrogen and oxygen atoms in total. The second-order valence-electron chi connectivity index (χ2n) is 3.14. The van der Waals surface area contributed by atoms with Gasteiger partial charge in [-0.3, -0.25) is 0 Å². The first kappa shape index (κ1) is 7.10. The van der Waals surface area contributed by atoms with Crippen LogP contribution in [0.4, 0.5) is 0 Å². The minimum Gasteiger partial charge on any atom is -0.434 e. The molecule has 0 aromatic carbocycles. The van der Waals surface area contributed by atoms with Crippen molar-refractivity contribution in [1.29, 1.82) is 0 Å². The van der Waals surface area contributed by atoms with Gasteiger partial charge in [0.1, 0.15) is 5.76 Å². The smallest absolute Gasteiger partial charge is 0.266 e. The number of hydrogen-bond acceptors (Lipinski definition) is 2. The van der Waals surface area contributed by atoms with Crippen LogP contribution in [0, 0.1) is 4.84 Å². The topological polar surface area (TPSA) is 28.9 Å². The van der Waals surface area contributed by atoms with Crippen molar-refractivity contribution in [2.24, 2.45) is 0 Å². The summed E-state index contributed by atoms with van der Waals surface area (Å²) in [5.74, 6) is 1.67. The first-order valence-electron chi connectivity index (χ1n) is 3.99. The van der Waals surface area contributed by atoms with E-state index < -0.39 is 0 Å². The van der Waals surface area contributed by atoms with Gasteiger partial charge >= 0.3 is 0 Å². The Morgan fingerprint density at radius 1 is 1.64 bits per heavy atom. The highest BCUT2D eigenvalue weighted by atomic mass is 32.1. The first-order valence-corrected chi connectivity index (χ1v) is 4.40. The molecule has 1 unspecified atom stereocenters. The number of fused-ring (bicyclic) bond motifs is 1. The molecule has 60 valence electrons. The molecule has 1 aliphatic carbocycles.